The van der Waals surface area contributed by atoms with Crippen LogP contribution in [0.15, 0.2) is 72.4 Å². The zero-order chi connectivity index (χ0) is 19.3. The van der Waals surface area contributed by atoms with E-state index in [0.717, 1.165) is 0 Å². The quantitative estimate of drug-likeness (QED) is 0.197. The first-order chi connectivity index (χ1) is 12.7. The van der Waals surface area contributed by atoms with Crippen molar-refractivity contribution in [2.24, 2.45) is 5.73 Å². The number of allylic oxidation sites excluding steroid dienone is 11. The van der Waals surface area contributed by atoms with Crippen LogP contribution in [0, 0.1) is 0 Å². The van der Waals surface area contributed by atoms with E-state index in [9.17, 15) is 4.79 Å². The molecule has 2 nitrogen and oxygen atoms in total. The van der Waals surface area contributed by atoms with Crippen molar-refractivity contribution >= 4 is 5.91 Å². The summed E-state index contributed by atoms with van der Waals surface area (Å²) < 4.78 is 0. The Morgan fingerprint density at radius 3 is 1.69 bits per heavy atom. The molecule has 0 saturated heterocycles. The van der Waals surface area contributed by atoms with Crippen molar-refractivity contribution in [3.05, 3.63) is 72.4 Å². The smallest absolute Gasteiger partial charge is 0.244 e. The number of rotatable bonds is 15. The third-order valence-corrected chi connectivity index (χ3v) is 3.98. The summed E-state index contributed by atoms with van der Waals surface area (Å²) in [6, 6.07) is 0. The van der Waals surface area contributed by atoms with Gasteiger partial charge in [-0.3, -0.25) is 4.79 Å². The monoisotopic (exact) mass is 355 g/mol. The number of unbranched alkanes of at least 4 members (excludes halogenated alkanes) is 8. The summed E-state index contributed by atoms with van der Waals surface area (Å²) in [7, 11) is 0. The van der Waals surface area contributed by atoms with E-state index in [1.54, 1.807) is 19.1 Å². The molecule has 0 spiro atoms. The minimum Gasteiger partial charge on any atom is -0.366 e. The van der Waals surface area contributed by atoms with Gasteiger partial charge in [-0.1, -0.05) is 119 Å². The summed E-state index contributed by atoms with van der Waals surface area (Å²) in [5.74, 6) is -0.390. The Kier molecular flexibility index (Phi) is 17.7. The average molecular weight is 356 g/mol. The summed E-state index contributed by atoms with van der Waals surface area (Å²) in [4.78, 5) is 10.8. The summed E-state index contributed by atoms with van der Waals surface area (Å²) in [5, 5.41) is 0. The first-order valence-corrected chi connectivity index (χ1v) is 9.98. The second-order valence-electron chi connectivity index (χ2n) is 6.45. The van der Waals surface area contributed by atoms with Crippen LogP contribution >= 0.6 is 0 Å². The predicted octanol–water partition coefficient (Wildman–Crippen LogP) is 6.73. The van der Waals surface area contributed by atoms with Crippen LogP contribution in [0.3, 0.4) is 0 Å². The van der Waals surface area contributed by atoms with Gasteiger partial charge in [-0.05, 0) is 19.8 Å². The molecule has 0 aromatic rings. The summed E-state index contributed by atoms with van der Waals surface area (Å²) >= 11 is 0. The molecular weight excluding hydrogens is 318 g/mol. The molecule has 0 fully saturated rings. The van der Waals surface area contributed by atoms with Gasteiger partial charge < -0.3 is 5.73 Å². The highest BCUT2D eigenvalue weighted by molar-refractivity contribution is 5.91. The van der Waals surface area contributed by atoms with Crippen LogP contribution in [0.5, 0.6) is 0 Å². The van der Waals surface area contributed by atoms with Gasteiger partial charge in [0.2, 0.25) is 5.91 Å². The molecular formula is C24H37NO. The van der Waals surface area contributed by atoms with Crippen LogP contribution in [0.2, 0.25) is 0 Å². The minimum absolute atomic E-state index is 0.390. The summed E-state index contributed by atoms with van der Waals surface area (Å²) in [5.41, 5.74) is 5.68. The first kappa shape index (κ1) is 23.9. The van der Waals surface area contributed by atoms with Crippen molar-refractivity contribution in [3.8, 4) is 0 Å². The van der Waals surface area contributed by atoms with Crippen molar-refractivity contribution < 1.29 is 4.79 Å². The molecule has 0 bridgehead atoms. The van der Waals surface area contributed by atoms with Gasteiger partial charge in [0.05, 0.1) is 0 Å². The third kappa shape index (κ3) is 18.3. The molecule has 0 aromatic carbocycles. The Balaban J connectivity index is 3.64. The second kappa shape index (κ2) is 19.2. The number of hydrogen-bond donors (Lipinski definition) is 1. The molecule has 0 aliphatic rings. The van der Waals surface area contributed by atoms with Gasteiger partial charge in [0.15, 0.2) is 0 Å². The van der Waals surface area contributed by atoms with Crippen molar-refractivity contribution in [1.82, 2.24) is 0 Å². The number of nitrogens with two attached hydrogens (primary N) is 1. The van der Waals surface area contributed by atoms with E-state index in [2.05, 4.69) is 25.2 Å². The maximum atomic E-state index is 10.8. The molecule has 26 heavy (non-hydrogen) atoms. The normalized spacial score (nSPS) is 13.4. The van der Waals surface area contributed by atoms with Crippen molar-refractivity contribution in [1.29, 1.82) is 0 Å². The van der Waals surface area contributed by atoms with Gasteiger partial charge in [0, 0.05) is 5.57 Å². The lowest BCUT2D eigenvalue weighted by Gasteiger charge is -1.99. The third-order valence-electron chi connectivity index (χ3n) is 3.98. The molecule has 0 saturated carbocycles. The highest BCUT2D eigenvalue weighted by Gasteiger charge is 1.92. The standard InChI is InChI=1S/C24H37NO/c1-3-4-5-6-7-8-9-10-11-12-13-14-15-16-17-18-19-20-21-22-23(2)24(25)26/h12-22H,3-11H2,1-2H3,(H2,25,26). The van der Waals surface area contributed by atoms with Gasteiger partial charge in [0.1, 0.15) is 0 Å². The van der Waals surface area contributed by atoms with Gasteiger partial charge in [0.25, 0.3) is 0 Å². The Hall–Kier alpha value is -2.09. The lowest BCUT2D eigenvalue weighted by Crippen LogP contribution is -2.11. The minimum atomic E-state index is -0.390. The molecule has 0 rings (SSSR count). The van der Waals surface area contributed by atoms with Gasteiger partial charge >= 0.3 is 0 Å². The van der Waals surface area contributed by atoms with Crippen LogP contribution in [0.1, 0.15) is 71.6 Å². The maximum Gasteiger partial charge on any atom is 0.244 e. The highest BCUT2D eigenvalue weighted by Crippen LogP contribution is 2.09. The molecule has 0 unspecified atom stereocenters. The molecule has 0 aliphatic heterocycles. The van der Waals surface area contributed by atoms with Crippen molar-refractivity contribution in [3.63, 3.8) is 0 Å². The molecule has 0 heterocycles. The molecule has 0 radical (unpaired) electrons. The number of hydrogen-bond acceptors (Lipinski definition) is 1. The zero-order valence-electron chi connectivity index (χ0n) is 16.7. The lowest BCUT2D eigenvalue weighted by molar-refractivity contribution is -0.114. The van der Waals surface area contributed by atoms with E-state index in [1.165, 1.54) is 57.8 Å². The number of amides is 1. The lowest BCUT2D eigenvalue weighted by atomic mass is 10.1. The maximum absolute atomic E-state index is 10.8. The van der Waals surface area contributed by atoms with Crippen LogP contribution in [0.4, 0.5) is 0 Å². The fraction of sp³-hybridized carbons (Fsp3) is 0.458. The van der Waals surface area contributed by atoms with E-state index in [1.807, 2.05) is 36.5 Å². The Labute approximate surface area is 160 Å². The average Bonchev–Trinajstić information content (AvgIpc) is 2.63. The van der Waals surface area contributed by atoms with E-state index < -0.39 is 0 Å². The van der Waals surface area contributed by atoms with E-state index >= 15 is 0 Å². The van der Waals surface area contributed by atoms with Crippen LogP contribution in [0.25, 0.3) is 0 Å². The Morgan fingerprint density at radius 1 is 0.692 bits per heavy atom. The fourth-order valence-electron chi connectivity index (χ4n) is 2.30. The van der Waals surface area contributed by atoms with Crippen molar-refractivity contribution in [2.75, 3.05) is 0 Å². The van der Waals surface area contributed by atoms with Gasteiger partial charge in [-0.15, -0.1) is 0 Å². The van der Waals surface area contributed by atoms with E-state index in [-0.39, 0.29) is 5.91 Å². The van der Waals surface area contributed by atoms with Crippen molar-refractivity contribution in [2.45, 2.75) is 71.6 Å². The first-order valence-electron chi connectivity index (χ1n) is 9.98. The SMILES string of the molecule is CCCCCCCCCCC=CC=CC=CC=CC=CC=C(C)C(N)=O. The van der Waals surface area contributed by atoms with Crippen LogP contribution < -0.4 is 5.73 Å². The molecule has 2 N–H and O–H groups in total. The second-order valence-corrected chi connectivity index (χ2v) is 6.45. The molecule has 0 aliphatic carbocycles. The largest absolute Gasteiger partial charge is 0.366 e. The number of primary amides is 1. The number of carbonyl (C=O) groups is 1. The van der Waals surface area contributed by atoms with Crippen LogP contribution in [-0.2, 0) is 4.79 Å². The Bertz CT molecular complexity index is 518. The molecule has 2 heteroatoms. The van der Waals surface area contributed by atoms with Gasteiger partial charge in [-0.2, -0.15) is 0 Å². The number of carbonyl (C=O) groups excluding carboxylic acids is 1. The zero-order valence-corrected chi connectivity index (χ0v) is 16.7. The highest BCUT2D eigenvalue weighted by atomic mass is 16.1. The molecule has 0 aromatic heterocycles. The molecule has 0 atom stereocenters. The summed E-state index contributed by atoms with van der Waals surface area (Å²) in [6.45, 7) is 3.96. The van der Waals surface area contributed by atoms with E-state index in [4.69, 9.17) is 5.73 Å². The fourth-order valence-corrected chi connectivity index (χ4v) is 2.30. The van der Waals surface area contributed by atoms with E-state index in [0.29, 0.717) is 5.57 Å². The Morgan fingerprint density at radius 2 is 1.15 bits per heavy atom. The summed E-state index contributed by atoms with van der Waals surface area (Å²) in [6.07, 6.45) is 33.8. The molecule has 1 amide bonds. The molecule has 144 valence electrons. The predicted molar refractivity (Wildman–Crippen MR) is 116 cm³/mol. The van der Waals surface area contributed by atoms with Gasteiger partial charge in [-0.25, -0.2) is 0 Å². The van der Waals surface area contributed by atoms with Crippen LogP contribution in [-0.4, -0.2) is 5.91 Å². The topological polar surface area (TPSA) is 43.1 Å².